The third-order valence-corrected chi connectivity index (χ3v) is 7.46. The fourth-order valence-electron chi connectivity index (χ4n) is 3.19. The smallest absolute Gasteiger partial charge is 0.344 e. The van der Waals surface area contributed by atoms with Crippen LogP contribution in [-0.4, -0.2) is 35.2 Å². The number of aliphatic hydroxyl groups is 1. The summed E-state index contributed by atoms with van der Waals surface area (Å²) in [5.41, 5.74) is 1.41. The monoisotopic (exact) mass is 675 g/mol. The predicted octanol–water partition coefficient (Wildman–Crippen LogP) is 7.37. The molecular weight excluding hydrogens is 652 g/mol. The first kappa shape index (κ1) is 29.3. The second kappa shape index (κ2) is 13.5. The number of carbonyl (C=O) groups is 2. The van der Waals surface area contributed by atoms with Crippen molar-refractivity contribution in [2.75, 3.05) is 13.2 Å². The van der Waals surface area contributed by atoms with E-state index in [-0.39, 0.29) is 36.0 Å². The van der Waals surface area contributed by atoms with E-state index in [1.807, 2.05) is 19.1 Å². The topological polar surface area (TPSA) is 94.4 Å². The number of carbonyl (C=O) groups excluding carboxylic acids is 2. The number of amides is 1. The molecule has 0 radical (unpaired) electrons. The zero-order chi connectivity index (χ0) is 27.1. The van der Waals surface area contributed by atoms with Crippen molar-refractivity contribution in [1.29, 1.82) is 0 Å². The Hall–Kier alpha value is -2.21. The summed E-state index contributed by atoms with van der Waals surface area (Å²) in [6, 6.07) is 8.90. The molecule has 1 N–H and O–H groups in total. The number of benzene rings is 2. The van der Waals surface area contributed by atoms with Crippen molar-refractivity contribution in [3.8, 4) is 11.5 Å². The Morgan fingerprint density at radius 3 is 2.49 bits per heavy atom. The highest BCUT2D eigenvalue weighted by Gasteiger charge is 2.33. The van der Waals surface area contributed by atoms with Crippen LogP contribution in [0.2, 0.25) is 10.0 Å². The van der Waals surface area contributed by atoms with Crippen LogP contribution in [0.5, 0.6) is 11.5 Å². The Morgan fingerprint density at radius 2 is 1.84 bits per heavy atom. The number of hydrogen-bond donors (Lipinski definition) is 1. The third-order valence-electron chi connectivity index (χ3n) is 4.90. The number of aliphatic hydroxyl groups excluding tert-OH is 1. The summed E-state index contributed by atoms with van der Waals surface area (Å²) in [6.45, 7) is 5.96. The van der Waals surface area contributed by atoms with E-state index in [1.165, 1.54) is 0 Å². The minimum Gasteiger partial charge on any atom is -0.506 e. The van der Waals surface area contributed by atoms with Gasteiger partial charge in [0.15, 0.2) is 11.5 Å². The summed E-state index contributed by atoms with van der Waals surface area (Å²) in [5, 5.41) is 11.8. The highest BCUT2D eigenvalue weighted by molar-refractivity contribution is 14.1. The molecule has 2 aromatic carbocycles. The maximum Gasteiger partial charge on any atom is 0.344 e. The van der Waals surface area contributed by atoms with Gasteiger partial charge in [0, 0.05) is 6.42 Å². The first-order valence-electron chi connectivity index (χ1n) is 11.3. The number of esters is 1. The van der Waals surface area contributed by atoms with Crippen molar-refractivity contribution in [1.82, 2.24) is 0 Å². The number of hydrogen-bond acceptors (Lipinski definition) is 7. The van der Waals surface area contributed by atoms with Crippen molar-refractivity contribution >= 4 is 80.6 Å². The van der Waals surface area contributed by atoms with Gasteiger partial charge in [0.25, 0.3) is 0 Å². The zero-order valence-electron chi connectivity index (χ0n) is 20.3. The van der Waals surface area contributed by atoms with Gasteiger partial charge in [-0.3, -0.25) is 4.79 Å². The van der Waals surface area contributed by atoms with Gasteiger partial charge in [-0.05, 0) is 77.9 Å². The van der Waals surface area contributed by atoms with Crippen LogP contribution in [0.3, 0.4) is 0 Å². The summed E-state index contributed by atoms with van der Waals surface area (Å²) in [5.74, 6) is -0.380. The van der Waals surface area contributed by atoms with Crippen molar-refractivity contribution in [3.05, 3.63) is 71.3 Å². The highest BCUT2D eigenvalue weighted by atomic mass is 127. The van der Waals surface area contributed by atoms with Gasteiger partial charge in [0.2, 0.25) is 5.91 Å². The van der Waals surface area contributed by atoms with Crippen molar-refractivity contribution < 1.29 is 28.9 Å². The lowest BCUT2D eigenvalue weighted by atomic mass is 10.1. The molecule has 0 saturated heterocycles. The number of rotatable bonds is 9. The molecule has 196 valence electrons. The van der Waals surface area contributed by atoms with Crippen LogP contribution in [0, 0.1) is 3.57 Å². The molecule has 3 rings (SSSR count). The lowest BCUT2D eigenvalue weighted by Crippen LogP contribution is -2.14. The third kappa shape index (κ3) is 7.43. The van der Waals surface area contributed by atoms with Gasteiger partial charge in [-0.15, -0.1) is 0 Å². The van der Waals surface area contributed by atoms with Crippen molar-refractivity contribution in [2.24, 2.45) is 4.99 Å². The summed E-state index contributed by atoms with van der Waals surface area (Å²) >= 11 is 15.3. The number of aliphatic imine (C=N–C) groups is 1. The summed E-state index contributed by atoms with van der Waals surface area (Å²) in [7, 11) is 0. The molecule has 0 bridgehead atoms. The first-order chi connectivity index (χ1) is 17.7. The van der Waals surface area contributed by atoms with Crippen molar-refractivity contribution in [3.63, 3.8) is 0 Å². The molecule has 37 heavy (non-hydrogen) atoms. The summed E-state index contributed by atoms with van der Waals surface area (Å²) < 4.78 is 17.7. The van der Waals surface area contributed by atoms with Gasteiger partial charge in [0.05, 0.1) is 31.7 Å². The minimum absolute atomic E-state index is 0.107. The lowest BCUT2D eigenvalue weighted by Gasteiger charge is -2.15. The Labute approximate surface area is 243 Å². The quantitative estimate of drug-likeness (QED) is 0.219. The predicted molar refractivity (Wildman–Crippen MR) is 156 cm³/mol. The van der Waals surface area contributed by atoms with E-state index in [9.17, 15) is 14.7 Å². The number of thioether (sulfide) groups is 1. The van der Waals surface area contributed by atoms with Crippen LogP contribution in [0.4, 0.5) is 0 Å². The summed E-state index contributed by atoms with van der Waals surface area (Å²) in [4.78, 5) is 28.8. The van der Waals surface area contributed by atoms with Gasteiger partial charge in [-0.1, -0.05) is 48.0 Å². The fraction of sp³-hybridized carbons (Fsp3) is 0.269. The SMILES string of the molecule is CCOC(=O)C1=C(O)/C(=C/c2cc(I)c(OCc3ccc(Cl)c(Cl)c3)c(OCC)c2)SC1=NC(=O)CC. The molecule has 0 aromatic heterocycles. The lowest BCUT2D eigenvalue weighted by molar-refractivity contribution is -0.138. The molecule has 1 aliphatic heterocycles. The van der Waals surface area contributed by atoms with E-state index in [0.717, 1.165) is 20.9 Å². The summed E-state index contributed by atoms with van der Waals surface area (Å²) in [6.07, 6.45) is 1.85. The van der Waals surface area contributed by atoms with Gasteiger partial charge >= 0.3 is 5.97 Å². The normalized spacial score (nSPS) is 15.4. The molecule has 1 heterocycles. The molecule has 0 spiro atoms. The van der Waals surface area contributed by atoms with E-state index in [2.05, 4.69) is 27.6 Å². The van der Waals surface area contributed by atoms with Gasteiger partial charge < -0.3 is 19.3 Å². The maximum absolute atomic E-state index is 12.5. The zero-order valence-corrected chi connectivity index (χ0v) is 24.8. The molecule has 7 nitrogen and oxygen atoms in total. The van der Waals surface area contributed by atoms with Crippen LogP contribution in [-0.2, 0) is 20.9 Å². The molecule has 0 aliphatic carbocycles. The Bertz CT molecular complexity index is 1310. The largest absolute Gasteiger partial charge is 0.506 e. The van der Waals surface area contributed by atoms with Gasteiger partial charge in [0.1, 0.15) is 23.0 Å². The average molecular weight is 676 g/mol. The van der Waals surface area contributed by atoms with E-state index in [4.69, 9.17) is 37.4 Å². The second-order valence-electron chi connectivity index (χ2n) is 7.52. The number of nitrogens with zero attached hydrogens (tertiary/aromatic N) is 1. The van der Waals surface area contributed by atoms with Crippen LogP contribution in [0.15, 0.2) is 51.6 Å². The van der Waals surface area contributed by atoms with E-state index < -0.39 is 11.9 Å². The molecule has 2 aromatic rings. The molecule has 0 atom stereocenters. The Kier molecular flexibility index (Phi) is 10.7. The van der Waals surface area contributed by atoms with E-state index in [1.54, 1.807) is 38.1 Å². The van der Waals surface area contributed by atoms with Crippen molar-refractivity contribution in [2.45, 2.75) is 33.8 Å². The standard InChI is InChI=1S/C26H24Cl2INO6S/c1-4-21(31)30-25-22(26(33)35-6-3)23(32)20(37-25)12-15-10-18(29)24(19(11-15)34-5-2)36-13-14-7-8-16(27)17(28)9-14/h7-12,32H,4-6,13H2,1-3H3/b20-12-,30-25?. The second-order valence-corrected chi connectivity index (χ2v) is 10.5. The van der Waals surface area contributed by atoms with Crippen LogP contribution >= 0.6 is 57.6 Å². The highest BCUT2D eigenvalue weighted by Crippen LogP contribution is 2.41. The Morgan fingerprint density at radius 1 is 1.08 bits per heavy atom. The molecule has 0 unspecified atom stereocenters. The Balaban J connectivity index is 1.96. The van der Waals surface area contributed by atoms with Gasteiger partial charge in [-0.25, -0.2) is 9.79 Å². The molecule has 1 amide bonds. The van der Waals surface area contributed by atoms with E-state index in [0.29, 0.717) is 38.6 Å². The van der Waals surface area contributed by atoms with E-state index >= 15 is 0 Å². The van der Waals surface area contributed by atoms with Crippen LogP contribution < -0.4 is 9.47 Å². The fourth-order valence-corrected chi connectivity index (χ4v) is 5.33. The average Bonchev–Trinajstić information content (AvgIpc) is 3.15. The first-order valence-corrected chi connectivity index (χ1v) is 14.0. The molecule has 1 aliphatic rings. The molecular formula is C26H24Cl2INO6S. The molecule has 11 heteroatoms. The molecule has 0 fully saturated rings. The number of ether oxygens (including phenoxy) is 3. The van der Waals surface area contributed by atoms with Gasteiger partial charge in [-0.2, -0.15) is 0 Å². The molecule has 0 saturated carbocycles. The number of halogens is 3. The van der Waals surface area contributed by atoms with Crippen LogP contribution in [0.25, 0.3) is 6.08 Å². The van der Waals surface area contributed by atoms with Crippen LogP contribution in [0.1, 0.15) is 38.3 Å². The maximum atomic E-state index is 12.5. The minimum atomic E-state index is -0.741.